The first kappa shape index (κ1) is 15.4. The summed E-state index contributed by atoms with van der Waals surface area (Å²) in [5.41, 5.74) is 0.147. The third-order valence-electron chi connectivity index (χ3n) is 4.79. The van der Waals surface area contributed by atoms with Gasteiger partial charge in [0.1, 0.15) is 0 Å². The predicted octanol–water partition coefficient (Wildman–Crippen LogP) is 0.838. The normalized spacial score (nSPS) is 26.2. The van der Waals surface area contributed by atoms with Gasteiger partial charge < -0.3 is 14.5 Å². The molecule has 0 saturated carbocycles. The number of likely N-dealkylation sites (tertiary alicyclic amines) is 1. The molecule has 0 N–H and O–H groups in total. The second kappa shape index (κ2) is 6.06. The van der Waals surface area contributed by atoms with E-state index in [-0.39, 0.29) is 17.6 Å². The lowest BCUT2D eigenvalue weighted by Crippen LogP contribution is -2.38. The Kier molecular flexibility index (Phi) is 3.89. The van der Waals surface area contributed by atoms with E-state index in [9.17, 15) is 4.79 Å². The summed E-state index contributed by atoms with van der Waals surface area (Å²) in [5.74, 6) is 0.634. The molecule has 2 atom stereocenters. The van der Waals surface area contributed by atoms with Gasteiger partial charge in [-0.05, 0) is 24.0 Å². The molecule has 1 amide bonds. The topological polar surface area (TPSA) is 84.3 Å². The van der Waals surface area contributed by atoms with Crippen LogP contribution in [0.4, 0.5) is 5.95 Å². The second-order valence-electron chi connectivity index (χ2n) is 6.28. The molecule has 1 spiro atoms. The van der Waals surface area contributed by atoms with Gasteiger partial charge >= 0.3 is 0 Å². The zero-order valence-electron chi connectivity index (χ0n) is 13.3. The minimum Gasteiger partial charge on any atom is -0.371 e. The summed E-state index contributed by atoms with van der Waals surface area (Å²) in [6, 6.07) is 2.01. The lowest BCUT2D eigenvalue weighted by atomic mass is 9.97. The number of hydrogen-bond acceptors (Lipinski definition) is 8. The van der Waals surface area contributed by atoms with Crippen LogP contribution in [0.1, 0.15) is 23.3 Å². The Hall–Kier alpha value is -2.13. The van der Waals surface area contributed by atoms with Gasteiger partial charge in [0.2, 0.25) is 5.95 Å². The Labute approximate surface area is 143 Å². The fraction of sp³-hybridized carbons (Fsp3) is 0.533. The van der Waals surface area contributed by atoms with Gasteiger partial charge in [-0.1, -0.05) is 4.49 Å². The molecule has 4 rings (SSSR count). The first-order valence-electron chi connectivity index (χ1n) is 7.87. The summed E-state index contributed by atoms with van der Waals surface area (Å²) >= 11 is 1.19. The van der Waals surface area contributed by atoms with E-state index in [0.717, 1.165) is 12.8 Å². The monoisotopic (exact) mass is 346 g/mol. The largest absolute Gasteiger partial charge is 0.371 e. The number of rotatable bonds is 3. The van der Waals surface area contributed by atoms with E-state index >= 15 is 0 Å². The van der Waals surface area contributed by atoms with Crippen LogP contribution in [-0.4, -0.2) is 68.7 Å². The number of anilines is 1. The van der Waals surface area contributed by atoms with Gasteiger partial charge in [-0.2, -0.15) is 0 Å². The van der Waals surface area contributed by atoms with E-state index in [4.69, 9.17) is 4.74 Å². The summed E-state index contributed by atoms with van der Waals surface area (Å²) in [6.07, 6.45) is 5.18. The van der Waals surface area contributed by atoms with Crippen molar-refractivity contribution < 1.29 is 9.53 Å². The second-order valence-corrected chi connectivity index (χ2v) is 6.89. The van der Waals surface area contributed by atoms with Crippen LogP contribution in [0, 0.1) is 0 Å². The third-order valence-corrected chi connectivity index (χ3v) is 5.29. The van der Waals surface area contributed by atoms with E-state index in [1.807, 2.05) is 11.9 Å². The zero-order chi connectivity index (χ0) is 16.6. The molecule has 2 aromatic heterocycles. The summed E-state index contributed by atoms with van der Waals surface area (Å²) in [5, 5.41) is 5.56. The van der Waals surface area contributed by atoms with Crippen LogP contribution in [0.25, 0.3) is 0 Å². The average Bonchev–Trinajstić information content (AvgIpc) is 3.37. The molecular weight excluding hydrogens is 328 g/mol. The summed E-state index contributed by atoms with van der Waals surface area (Å²) < 4.78 is 9.89. The Morgan fingerprint density at radius 2 is 2.29 bits per heavy atom. The van der Waals surface area contributed by atoms with Crippen LogP contribution >= 0.6 is 11.5 Å². The van der Waals surface area contributed by atoms with Gasteiger partial charge in [-0.15, -0.1) is 5.10 Å². The Bertz CT molecular complexity index is 712. The highest BCUT2D eigenvalue weighted by atomic mass is 32.1. The van der Waals surface area contributed by atoms with Crippen molar-refractivity contribution in [2.45, 2.75) is 24.5 Å². The molecule has 0 radical (unpaired) electrons. The predicted molar refractivity (Wildman–Crippen MR) is 88.0 cm³/mol. The smallest absolute Gasteiger partial charge is 0.275 e. The van der Waals surface area contributed by atoms with Crippen molar-refractivity contribution in [3.05, 3.63) is 29.5 Å². The molecule has 0 aromatic carbocycles. The van der Waals surface area contributed by atoms with Crippen LogP contribution in [-0.2, 0) is 4.74 Å². The number of likely N-dealkylation sites (N-methyl/N-ethyl adjacent to an activating group) is 1. The highest BCUT2D eigenvalue weighted by Gasteiger charge is 2.48. The first-order chi connectivity index (χ1) is 11.7. The molecule has 2 fully saturated rings. The minimum absolute atomic E-state index is 0.0626. The van der Waals surface area contributed by atoms with Crippen molar-refractivity contribution in [2.24, 2.45) is 0 Å². The van der Waals surface area contributed by atoms with Gasteiger partial charge in [-0.3, -0.25) is 4.79 Å². The number of aromatic nitrogens is 4. The van der Waals surface area contributed by atoms with E-state index < -0.39 is 0 Å². The van der Waals surface area contributed by atoms with Gasteiger partial charge in [-0.25, -0.2) is 9.97 Å². The first-order valence-corrected chi connectivity index (χ1v) is 8.71. The number of amides is 1. The highest BCUT2D eigenvalue weighted by molar-refractivity contribution is 7.03. The van der Waals surface area contributed by atoms with Gasteiger partial charge in [0.25, 0.3) is 5.91 Å². The Balaban J connectivity index is 1.42. The standard InChI is InChI=1S/C15H18N6O2S/c1-20(14-16-4-2-5-17-14)11-7-15(23-8-11)3-6-21(10-15)13(22)12-9-24-19-18-12/h2,4-5,9,11H,3,6-8,10H2,1H3/t11-,15-/m1/s1. The van der Waals surface area contributed by atoms with Crippen molar-refractivity contribution in [3.63, 3.8) is 0 Å². The maximum atomic E-state index is 12.4. The third kappa shape index (κ3) is 2.73. The van der Waals surface area contributed by atoms with Crippen molar-refractivity contribution in [1.82, 2.24) is 24.5 Å². The van der Waals surface area contributed by atoms with Crippen LogP contribution in [0.3, 0.4) is 0 Å². The average molecular weight is 346 g/mol. The zero-order valence-corrected chi connectivity index (χ0v) is 14.1. The van der Waals surface area contributed by atoms with E-state index in [1.54, 1.807) is 23.8 Å². The fourth-order valence-corrected chi connectivity index (χ4v) is 3.86. The van der Waals surface area contributed by atoms with E-state index in [1.165, 1.54) is 11.5 Å². The summed E-state index contributed by atoms with van der Waals surface area (Å²) in [7, 11) is 1.99. The molecule has 2 saturated heterocycles. The molecule has 8 nitrogen and oxygen atoms in total. The maximum absolute atomic E-state index is 12.4. The Morgan fingerprint density at radius 3 is 3.04 bits per heavy atom. The van der Waals surface area contributed by atoms with Crippen LogP contribution in [0.15, 0.2) is 23.8 Å². The van der Waals surface area contributed by atoms with Crippen LogP contribution in [0.5, 0.6) is 0 Å². The van der Waals surface area contributed by atoms with Gasteiger partial charge in [0.05, 0.1) is 24.8 Å². The SMILES string of the molecule is CN(c1ncccn1)[C@H]1CO[C@]2(CCN(C(=O)c3csnn3)C2)C1. The lowest BCUT2D eigenvalue weighted by molar-refractivity contribution is 0.0122. The van der Waals surface area contributed by atoms with Crippen molar-refractivity contribution in [1.29, 1.82) is 0 Å². The van der Waals surface area contributed by atoms with Crippen molar-refractivity contribution in [2.75, 3.05) is 31.6 Å². The van der Waals surface area contributed by atoms with Crippen LogP contribution < -0.4 is 4.90 Å². The molecule has 0 unspecified atom stereocenters. The van der Waals surface area contributed by atoms with E-state index in [2.05, 4.69) is 24.5 Å². The number of hydrogen-bond donors (Lipinski definition) is 0. The molecule has 2 aromatic rings. The van der Waals surface area contributed by atoms with Crippen molar-refractivity contribution >= 4 is 23.4 Å². The van der Waals surface area contributed by atoms with Gasteiger partial charge in [0.15, 0.2) is 5.69 Å². The number of ether oxygens (including phenoxy) is 1. The lowest BCUT2D eigenvalue weighted by Gasteiger charge is -2.25. The molecule has 0 bridgehead atoms. The quantitative estimate of drug-likeness (QED) is 0.814. The van der Waals surface area contributed by atoms with Crippen molar-refractivity contribution in [3.8, 4) is 0 Å². The highest BCUT2D eigenvalue weighted by Crippen LogP contribution is 2.37. The van der Waals surface area contributed by atoms with E-state index in [0.29, 0.717) is 31.3 Å². The minimum atomic E-state index is -0.271. The van der Waals surface area contributed by atoms with Gasteiger partial charge in [0, 0.05) is 37.8 Å². The molecule has 9 heteroatoms. The Morgan fingerprint density at radius 1 is 1.46 bits per heavy atom. The number of carbonyl (C=O) groups excluding carboxylic acids is 1. The molecule has 126 valence electrons. The number of nitrogens with zero attached hydrogens (tertiary/aromatic N) is 6. The number of carbonyl (C=O) groups is 1. The van der Waals surface area contributed by atoms with Crippen LogP contribution in [0.2, 0.25) is 0 Å². The molecular formula is C15H18N6O2S. The molecule has 2 aliphatic rings. The summed E-state index contributed by atoms with van der Waals surface area (Å²) in [4.78, 5) is 24.9. The molecule has 2 aliphatic heterocycles. The fourth-order valence-electron chi connectivity index (χ4n) is 3.43. The molecule has 0 aliphatic carbocycles. The summed E-state index contributed by atoms with van der Waals surface area (Å²) in [6.45, 7) is 1.91. The molecule has 24 heavy (non-hydrogen) atoms. The maximum Gasteiger partial charge on any atom is 0.275 e. The molecule has 4 heterocycles.